The van der Waals surface area contributed by atoms with Crippen LogP contribution < -0.4 is 5.32 Å². The second kappa shape index (κ2) is 8.18. The molecule has 0 heterocycles. The van der Waals surface area contributed by atoms with Crippen molar-refractivity contribution >= 4 is 17.5 Å². The van der Waals surface area contributed by atoms with E-state index in [-0.39, 0.29) is 5.91 Å². The van der Waals surface area contributed by atoms with Crippen LogP contribution in [0, 0.1) is 0 Å². The van der Waals surface area contributed by atoms with E-state index in [1.54, 1.807) is 0 Å². The van der Waals surface area contributed by atoms with Crippen LogP contribution in [0.5, 0.6) is 0 Å². The molecular weight excluding hydrogens is 260 g/mol. The maximum Gasteiger partial charge on any atom is 0.251 e. The van der Waals surface area contributed by atoms with Crippen molar-refractivity contribution in [3.8, 4) is 0 Å². The highest BCUT2D eigenvalue weighted by molar-refractivity contribution is 6.17. The van der Waals surface area contributed by atoms with Gasteiger partial charge >= 0.3 is 0 Å². The lowest BCUT2D eigenvalue weighted by Crippen LogP contribution is -2.37. The Hall–Kier alpha value is -1.06. The number of carbonyl (C=O) groups excluding carboxylic acids is 1. The van der Waals surface area contributed by atoms with E-state index in [9.17, 15) is 4.79 Å². The third-order valence-electron chi connectivity index (χ3n) is 3.44. The number of alkyl halides is 1. The Balaban J connectivity index is 2.43. The molecule has 0 spiro atoms. The predicted molar refractivity (Wildman–Crippen MR) is 80.7 cm³/mol. The maximum absolute atomic E-state index is 12.0. The minimum Gasteiger partial charge on any atom is -0.351 e. The molecule has 0 bridgehead atoms. The number of halogens is 1. The van der Waals surface area contributed by atoms with Gasteiger partial charge in [-0.1, -0.05) is 19.1 Å². The number of rotatable bonds is 7. The number of benzene rings is 1. The Morgan fingerprint density at radius 3 is 2.84 bits per heavy atom. The summed E-state index contributed by atoms with van der Waals surface area (Å²) in [5, 5.41) is 2.94. The average molecular weight is 283 g/mol. The van der Waals surface area contributed by atoms with Crippen molar-refractivity contribution in [1.82, 2.24) is 10.2 Å². The van der Waals surface area contributed by atoms with Crippen LogP contribution in [0.2, 0.25) is 0 Å². The highest BCUT2D eigenvalue weighted by Crippen LogP contribution is 2.07. The lowest BCUT2D eigenvalue weighted by Gasteiger charge is -2.23. The fourth-order valence-corrected chi connectivity index (χ4v) is 1.94. The summed E-state index contributed by atoms with van der Waals surface area (Å²) in [6, 6.07) is 7.96. The summed E-state index contributed by atoms with van der Waals surface area (Å²) in [5.41, 5.74) is 1.63. The van der Waals surface area contributed by atoms with E-state index in [4.69, 9.17) is 11.6 Å². The van der Waals surface area contributed by atoms with Gasteiger partial charge in [-0.2, -0.15) is 0 Å². The molecule has 1 N–H and O–H groups in total. The molecule has 0 aromatic heterocycles. The van der Waals surface area contributed by atoms with Crippen molar-refractivity contribution in [1.29, 1.82) is 0 Å². The lowest BCUT2D eigenvalue weighted by atomic mass is 10.1. The van der Waals surface area contributed by atoms with E-state index in [1.165, 1.54) is 0 Å². The van der Waals surface area contributed by atoms with E-state index in [0.29, 0.717) is 24.0 Å². The zero-order chi connectivity index (χ0) is 14.3. The Kier molecular flexibility index (Phi) is 6.89. The zero-order valence-corrected chi connectivity index (χ0v) is 12.7. The highest BCUT2D eigenvalue weighted by atomic mass is 35.5. The normalized spacial score (nSPS) is 12.5. The van der Waals surface area contributed by atoms with E-state index in [2.05, 4.69) is 31.1 Å². The first kappa shape index (κ1) is 16.0. The molecule has 19 heavy (non-hydrogen) atoms. The van der Waals surface area contributed by atoms with Gasteiger partial charge < -0.3 is 10.2 Å². The SMILES string of the molecule is CCC(C)N(C)CCNC(=O)c1cccc(CCl)c1. The van der Waals surface area contributed by atoms with Gasteiger partial charge in [0.15, 0.2) is 0 Å². The van der Waals surface area contributed by atoms with Gasteiger partial charge in [-0.05, 0) is 38.1 Å². The van der Waals surface area contributed by atoms with Crippen LogP contribution in [-0.4, -0.2) is 37.0 Å². The molecule has 0 radical (unpaired) electrons. The first-order valence-electron chi connectivity index (χ1n) is 6.71. The Morgan fingerprint density at radius 2 is 2.21 bits per heavy atom. The van der Waals surface area contributed by atoms with Gasteiger partial charge in [0, 0.05) is 30.6 Å². The van der Waals surface area contributed by atoms with Crippen molar-refractivity contribution in [2.24, 2.45) is 0 Å². The third kappa shape index (κ3) is 5.21. The van der Waals surface area contributed by atoms with E-state index in [1.807, 2.05) is 24.3 Å². The number of amides is 1. The fourth-order valence-electron chi connectivity index (χ4n) is 1.78. The molecule has 4 heteroatoms. The number of nitrogens with zero attached hydrogens (tertiary/aromatic N) is 1. The first-order chi connectivity index (χ1) is 9.08. The summed E-state index contributed by atoms with van der Waals surface area (Å²) in [6.07, 6.45) is 1.11. The Bertz CT molecular complexity index is 409. The predicted octanol–water partition coefficient (Wildman–Crippen LogP) is 2.89. The van der Waals surface area contributed by atoms with Crippen LogP contribution in [0.4, 0.5) is 0 Å². The summed E-state index contributed by atoms with van der Waals surface area (Å²) in [7, 11) is 2.08. The van der Waals surface area contributed by atoms with Gasteiger partial charge in [-0.3, -0.25) is 4.79 Å². The Labute approximate surface area is 120 Å². The Morgan fingerprint density at radius 1 is 1.47 bits per heavy atom. The second-order valence-electron chi connectivity index (χ2n) is 4.83. The van der Waals surface area contributed by atoms with E-state index in [0.717, 1.165) is 18.5 Å². The number of hydrogen-bond acceptors (Lipinski definition) is 2. The molecule has 0 aliphatic rings. The van der Waals surface area contributed by atoms with Crippen LogP contribution >= 0.6 is 11.6 Å². The largest absolute Gasteiger partial charge is 0.351 e. The molecular formula is C15H23ClN2O. The van der Waals surface area contributed by atoms with Crippen molar-refractivity contribution < 1.29 is 4.79 Å². The number of likely N-dealkylation sites (N-methyl/N-ethyl adjacent to an activating group) is 1. The van der Waals surface area contributed by atoms with Crippen molar-refractivity contribution in [3.63, 3.8) is 0 Å². The van der Waals surface area contributed by atoms with Gasteiger partial charge in [0.2, 0.25) is 0 Å². The van der Waals surface area contributed by atoms with Gasteiger partial charge in [-0.15, -0.1) is 11.6 Å². The van der Waals surface area contributed by atoms with Gasteiger partial charge in [0.25, 0.3) is 5.91 Å². The molecule has 106 valence electrons. The van der Waals surface area contributed by atoms with Gasteiger partial charge in [-0.25, -0.2) is 0 Å². The van der Waals surface area contributed by atoms with E-state index < -0.39 is 0 Å². The number of hydrogen-bond donors (Lipinski definition) is 1. The standard InChI is InChI=1S/C15H23ClN2O/c1-4-12(2)18(3)9-8-17-15(19)14-7-5-6-13(10-14)11-16/h5-7,10,12H,4,8-9,11H2,1-3H3,(H,17,19). The summed E-state index contributed by atoms with van der Waals surface area (Å²) >= 11 is 5.76. The molecule has 1 unspecified atom stereocenters. The minimum atomic E-state index is -0.0375. The molecule has 1 aromatic carbocycles. The van der Waals surface area contributed by atoms with Gasteiger partial charge in [0.1, 0.15) is 0 Å². The molecule has 0 fully saturated rings. The van der Waals surface area contributed by atoms with Gasteiger partial charge in [0.05, 0.1) is 0 Å². The minimum absolute atomic E-state index is 0.0375. The smallest absolute Gasteiger partial charge is 0.251 e. The zero-order valence-electron chi connectivity index (χ0n) is 11.9. The number of carbonyl (C=O) groups is 1. The molecule has 1 atom stereocenters. The monoisotopic (exact) mass is 282 g/mol. The lowest BCUT2D eigenvalue weighted by molar-refractivity contribution is 0.0947. The molecule has 3 nitrogen and oxygen atoms in total. The van der Waals surface area contributed by atoms with Crippen molar-refractivity contribution in [2.75, 3.05) is 20.1 Å². The van der Waals surface area contributed by atoms with Crippen LogP contribution in [0.15, 0.2) is 24.3 Å². The molecule has 0 aliphatic heterocycles. The highest BCUT2D eigenvalue weighted by Gasteiger charge is 2.08. The quantitative estimate of drug-likeness (QED) is 0.780. The van der Waals surface area contributed by atoms with Crippen LogP contribution in [0.25, 0.3) is 0 Å². The molecule has 1 amide bonds. The summed E-state index contributed by atoms with van der Waals surface area (Å²) in [6.45, 7) is 5.86. The molecule has 0 aliphatic carbocycles. The van der Waals surface area contributed by atoms with Crippen LogP contribution in [0.3, 0.4) is 0 Å². The summed E-state index contributed by atoms with van der Waals surface area (Å²) in [4.78, 5) is 14.2. The molecule has 0 saturated heterocycles. The third-order valence-corrected chi connectivity index (χ3v) is 3.75. The molecule has 0 saturated carbocycles. The molecule has 1 aromatic rings. The molecule has 1 rings (SSSR count). The number of nitrogens with one attached hydrogen (secondary N) is 1. The fraction of sp³-hybridized carbons (Fsp3) is 0.533. The van der Waals surface area contributed by atoms with Crippen LogP contribution in [0.1, 0.15) is 36.2 Å². The second-order valence-corrected chi connectivity index (χ2v) is 5.10. The average Bonchev–Trinajstić information content (AvgIpc) is 2.46. The van der Waals surface area contributed by atoms with Crippen LogP contribution in [-0.2, 0) is 5.88 Å². The van der Waals surface area contributed by atoms with E-state index >= 15 is 0 Å². The summed E-state index contributed by atoms with van der Waals surface area (Å²) < 4.78 is 0. The maximum atomic E-state index is 12.0. The first-order valence-corrected chi connectivity index (χ1v) is 7.25. The van der Waals surface area contributed by atoms with Crippen molar-refractivity contribution in [3.05, 3.63) is 35.4 Å². The topological polar surface area (TPSA) is 32.3 Å². The van der Waals surface area contributed by atoms with Crippen molar-refractivity contribution in [2.45, 2.75) is 32.2 Å². The summed E-state index contributed by atoms with van der Waals surface area (Å²) in [5.74, 6) is 0.391.